The predicted octanol–water partition coefficient (Wildman–Crippen LogP) is 1.83. The number of aromatic nitrogens is 1. The van der Waals surface area contributed by atoms with Crippen molar-refractivity contribution in [3.05, 3.63) is 29.6 Å². The van der Waals surface area contributed by atoms with E-state index >= 15 is 0 Å². The van der Waals surface area contributed by atoms with Gasteiger partial charge in [-0.3, -0.25) is 4.98 Å². The molecule has 0 aromatic carbocycles. The number of pyridine rings is 1. The van der Waals surface area contributed by atoms with E-state index in [-0.39, 0.29) is 5.41 Å². The van der Waals surface area contributed by atoms with Gasteiger partial charge in [-0.25, -0.2) is 0 Å². The molecule has 1 aromatic heterocycles. The van der Waals surface area contributed by atoms with Gasteiger partial charge in [0.05, 0.1) is 6.10 Å². The van der Waals surface area contributed by atoms with Crippen LogP contribution >= 0.6 is 0 Å². The van der Waals surface area contributed by atoms with E-state index in [1.54, 1.807) is 12.4 Å². The van der Waals surface area contributed by atoms with Gasteiger partial charge in [-0.05, 0) is 17.9 Å². The minimum atomic E-state index is -0.877. The molecule has 0 amide bonds. The number of aryl methyl sites for hydroxylation is 1. The molecule has 84 valence electrons. The zero-order valence-corrected chi connectivity index (χ0v) is 9.73. The lowest BCUT2D eigenvalue weighted by Gasteiger charge is -2.30. The van der Waals surface area contributed by atoms with Crippen molar-refractivity contribution >= 4 is 0 Å². The molecule has 0 spiro atoms. The van der Waals surface area contributed by atoms with Gasteiger partial charge in [0.25, 0.3) is 0 Å². The average molecular weight is 209 g/mol. The van der Waals surface area contributed by atoms with Gasteiger partial charge in [-0.1, -0.05) is 26.8 Å². The molecule has 0 fully saturated rings. The highest BCUT2D eigenvalue weighted by Crippen LogP contribution is 2.29. The fraction of sp³-hybridized carbons (Fsp3) is 0.583. The summed E-state index contributed by atoms with van der Waals surface area (Å²) in [5.41, 5.74) is 1.30. The van der Waals surface area contributed by atoms with Gasteiger partial charge in [-0.15, -0.1) is 0 Å². The standard InChI is InChI=1S/C12H19NO2/c1-8-5-9(7-13-6-8)10(14)11(15)12(2,3)4/h5-7,10-11,14-15H,1-4H3. The average Bonchev–Trinajstić information content (AvgIpc) is 2.14. The van der Waals surface area contributed by atoms with E-state index in [4.69, 9.17) is 0 Å². The summed E-state index contributed by atoms with van der Waals surface area (Å²) < 4.78 is 0. The molecule has 2 atom stereocenters. The fourth-order valence-corrected chi connectivity index (χ4v) is 1.40. The second-order valence-electron chi connectivity index (χ2n) is 5.05. The van der Waals surface area contributed by atoms with Crippen molar-refractivity contribution in [1.82, 2.24) is 4.98 Å². The number of aliphatic hydroxyl groups excluding tert-OH is 2. The van der Waals surface area contributed by atoms with Crippen LogP contribution in [0.5, 0.6) is 0 Å². The summed E-state index contributed by atoms with van der Waals surface area (Å²) in [5, 5.41) is 19.9. The summed E-state index contributed by atoms with van der Waals surface area (Å²) in [6, 6.07) is 1.84. The molecule has 0 saturated heterocycles. The Morgan fingerprint density at radius 2 is 1.80 bits per heavy atom. The van der Waals surface area contributed by atoms with Crippen molar-refractivity contribution in [3.8, 4) is 0 Å². The Kier molecular flexibility index (Phi) is 3.47. The van der Waals surface area contributed by atoms with Gasteiger partial charge in [0.15, 0.2) is 0 Å². The topological polar surface area (TPSA) is 53.4 Å². The quantitative estimate of drug-likeness (QED) is 0.781. The van der Waals surface area contributed by atoms with Crippen LogP contribution in [0.2, 0.25) is 0 Å². The Bertz CT molecular complexity index is 331. The summed E-state index contributed by atoms with van der Waals surface area (Å²) in [7, 11) is 0. The van der Waals surface area contributed by atoms with Gasteiger partial charge < -0.3 is 10.2 Å². The van der Waals surface area contributed by atoms with E-state index < -0.39 is 12.2 Å². The van der Waals surface area contributed by atoms with Crippen molar-refractivity contribution in [2.24, 2.45) is 5.41 Å². The number of hydrogen-bond donors (Lipinski definition) is 2. The minimum absolute atomic E-state index is 0.344. The minimum Gasteiger partial charge on any atom is -0.390 e. The first-order chi connectivity index (χ1) is 6.82. The molecule has 0 aliphatic carbocycles. The van der Waals surface area contributed by atoms with Gasteiger partial charge >= 0.3 is 0 Å². The highest BCUT2D eigenvalue weighted by atomic mass is 16.3. The van der Waals surface area contributed by atoms with Crippen LogP contribution in [0.3, 0.4) is 0 Å². The molecule has 0 saturated carbocycles. The third-order valence-electron chi connectivity index (χ3n) is 2.42. The van der Waals surface area contributed by atoms with Crippen molar-refractivity contribution in [2.75, 3.05) is 0 Å². The fourth-order valence-electron chi connectivity index (χ4n) is 1.40. The highest BCUT2D eigenvalue weighted by molar-refractivity contribution is 5.20. The lowest BCUT2D eigenvalue weighted by Crippen LogP contribution is -2.32. The number of rotatable bonds is 2. The second-order valence-corrected chi connectivity index (χ2v) is 5.05. The molecule has 2 N–H and O–H groups in total. The Morgan fingerprint density at radius 3 is 2.27 bits per heavy atom. The molecule has 0 bridgehead atoms. The first-order valence-electron chi connectivity index (χ1n) is 5.10. The highest BCUT2D eigenvalue weighted by Gasteiger charge is 2.30. The molecule has 1 heterocycles. The van der Waals surface area contributed by atoms with Gasteiger partial charge in [0.2, 0.25) is 0 Å². The normalized spacial score (nSPS) is 16.1. The summed E-state index contributed by atoms with van der Waals surface area (Å²) in [5.74, 6) is 0. The third kappa shape index (κ3) is 3.01. The second kappa shape index (κ2) is 4.29. The van der Waals surface area contributed by atoms with Crippen LogP contribution in [0.1, 0.15) is 38.0 Å². The molecule has 0 radical (unpaired) electrons. The van der Waals surface area contributed by atoms with Crippen LogP contribution in [0, 0.1) is 12.3 Å². The third-order valence-corrected chi connectivity index (χ3v) is 2.42. The van der Waals surface area contributed by atoms with Gasteiger partial charge in [0, 0.05) is 18.0 Å². The Morgan fingerprint density at radius 1 is 1.20 bits per heavy atom. The number of nitrogens with zero attached hydrogens (tertiary/aromatic N) is 1. The monoisotopic (exact) mass is 209 g/mol. The first kappa shape index (κ1) is 12.1. The molecule has 2 unspecified atom stereocenters. The lowest BCUT2D eigenvalue weighted by molar-refractivity contribution is -0.0460. The summed E-state index contributed by atoms with van der Waals surface area (Å²) in [6.07, 6.45) is 1.64. The van der Waals surface area contributed by atoms with Crippen LogP contribution in [0.4, 0.5) is 0 Å². The summed E-state index contributed by atoms with van der Waals surface area (Å²) >= 11 is 0. The zero-order valence-electron chi connectivity index (χ0n) is 9.73. The molecular formula is C12H19NO2. The zero-order chi connectivity index (χ0) is 11.6. The maximum atomic E-state index is 9.96. The number of aliphatic hydroxyl groups is 2. The van der Waals surface area contributed by atoms with E-state index in [2.05, 4.69) is 4.98 Å². The smallest absolute Gasteiger partial charge is 0.107 e. The lowest BCUT2D eigenvalue weighted by atomic mass is 9.84. The summed E-state index contributed by atoms with van der Waals surface area (Å²) in [4.78, 5) is 4.00. The van der Waals surface area contributed by atoms with E-state index in [9.17, 15) is 10.2 Å². The maximum absolute atomic E-state index is 9.96. The largest absolute Gasteiger partial charge is 0.390 e. The van der Waals surface area contributed by atoms with Crippen LogP contribution < -0.4 is 0 Å². The van der Waals surface area contributed by atoms with E-state index in [0.29, 0.717) is 5.56 Å². The van der Waals surface area contributed by atoms with Crippen LogP contribution in [0.25, 0.3) is 0 Å². The van der Waals surface area contributed by atoms with Gasteiger partial charge in [0.1, 0.15) is 6.10 Å². The Balaban J connectivity index is 2.90. The van der Waals surface area contributed by atoms with Crippen molar-refractivity contribution < 1.29 is 10.2 Å². The van der Waals surface area contributed by atoms with Crippen molar-refractivity contribution in [1.29, 1.82) is 0 Å². The van der Waals surface area contributed by atoms with E-state index in [1.807, 2.05) is 33.8 Å². The maximum Gasteiger partial charge on any atom is 0.107 e. The molecule has 0 aliphatic heterocycles. The molecule has 3 heteroatoms. The van der Waals surface area contributed by atoms with Crippen LogP contribution in [-0.2, 0) is 0 Å². The Hall–Kier alpha value is -0.930. The predicted molar refractivity (Wildman–Crippen MR) is 59.4 cm³/mol. The SMILES string of the molecule is Cc1cncc(C(O)C(O)C(C)(C)C)c1. The first-order valence-corrected chi connectivity index (χ1v) is 5.10. The van der Waals surface area contributed by atoms with Crippen LogP contribution in [-0.4, -0.2) is 21.3 Å². The molecule has 1 rings (SSSR count). The van der Waals surface area contributed by atoms with Crippen LogP contribution in [0.15, 0.2) is 18.5 Å². The summed E-state index contributed by atoms with van der Waals surface area (Å²) in [6.45, 7) is 7.59. The van der Waals surface area contributed by atoms with Crippen molar-refractivity contribution in [2.45, 2.75) is 39.9 Å². The van der Waals surface area contributed by atoms with E-state index in [0.717, 1.165) is 5.56 Å². The number of hydrogen-bond acceptors (Lipinski definition) is 3. The molecule has 15 heavy (non-hydrogen) atoms. The molecule has 0 aliphatic rings. The molecule has 3 nitrogen and oxygen atoms in total. The molecule has 1 aromatic rings. The molecular weight excluding hydrogens is 190 g/mol. The van der Waals surface area contributed by atoms with Gasteiger partial charge in [-0.2, -0.15) is 0 Å². The Labute approximate surface area is 90.8 Å². The van der Waals surface area contributed by atoms with Crippen molar-refractivity contribution in [3.63, 3.8) is 0 Å². The van der Waals surface area contributed by atoms with E-state index in [1.165, 1.54) is 0 Å².